The van der Waals surface area contributed by atoms with Gasteiger partial charge in [-0.1, -0.05) is 66.7 Å². The van der Waals surface area contributed by atoms with Crippen LogP contribution in [0.3, 0.4) is 0 Å². The molecule has 0 saturated carbocycles. The maximum atomic E-state index is 13.9. The second-order valence-electron chi connectivity index (χ2n) is 12.8. The van der Waals surface area contributed by atoms with Crippen LogP contribution in [-0.4, -0.2) is 80.6 Å². The molecule has 1 fully saturated rings. The van der Waals surface area contributed by atoms with E-state index in [1.807, 2.05) is 60.7 Å². The van der Waals surface area contributed by atoms with Gasteiger partial charge in [0.1, 0.15) is 5.75 Å². The number of benzene rings is 3. The standard InChI is InChI=1S/C39H40N4O7S/c44-30-14-12-28(29-13-17-34(46)41-35(29)30)31(45)24-40-20-7-21-43(25-26-8-3-1-4-9-26)37(48)33-16-15-32(51-33)36(47)42-22-18-39(19-23-42,38(49)50)27-10-5-2-6-11-27/h1-6,8-17,31,40,44-45H,7,18-25H2,(H,41,46)(H,49,50)/t31-/m0/s1. The molecule has 0 unspecified atom stereocenters. The first kappa shape index (κ1) is 35.5. The highest BCUT2D eigenvalue weighted by Gasteiger charge is 2.44. The van der Waals surface area contributed by atoms with Crippen LogP contribution >= 0.6 is 11.3 Å². The number of likely N-dealkylation sites (tertiary alicyclic amines) is 1. The number of hydrogen-bond acceptors (Lipinski definition) is 8. The fourth-order valence-corrected chi connectivity index (χ4v) is 7.65. The van der Waals surface area contributed by atoms with Crippen LogP contribution in [0.15, 0.2) is 102 Å². The van der Waals surface area contributed by atoms with Crippen molar-refractivity contribution in [1.29, 1.82) is 0 Å². The zero-order chi connectivity index (χ0) is 36.0. The minimum atomic E-state index is -1.04. The normalized spacial score (nSPS) is 14.6. The predicted octanol–water partition coefficient (Wildman–Crippen LogP) is 4.91. The number of hydrogen-bond donors (Lipinski definition) is 5. The second kappa shape index (κ2) is 15.7. The molecule has 0 radical (unpaired) electrons. The number of carbonyl (C=O) groups excluding carboxylic acids is 2. The second-order valence-corrected chi connectivity index (χ2v) is 13.9. The third kappa shape index (κ3) is 7.88. The van der Waals surface area contributed by atoms with E-state index in [4.69, 9.17) is 0 Å². The summed E-state index contributed by atoms with van der Waals surface area (Å²) in [5.74, 6) is -1.37. The van der Waals surface area contributed by atoms with Crippen molar-refractivity contribution in [3.63, 3.8) is 0 Å². The van der Waals surface area contributed by atoms with Gasteiger partial charge in [-0.15, -0.1) is 11.3 Å². The van der Waals surface area contributed by atoms with E-state index in [2.05, 4.69) is 10.3 Å². The quantitative estimate of drug-likeness (QED) is 0.108. The number of amides is 2. The van der Waals surface area contributed by atoms with E-state index in [-0.39, 0.29) is 35.2 Å². The van der Waals surface area contributed by atoms with Crippen molar-refractivity contribution in [1.82, 2.24) is 20.1 Å². The SMILES string of the molecule is O=C(c1ccc(C(=O)N(CCCNC[C@H](O)c2ccc(O)c3[nH]c(=O)ccc23)Cc2ccccc2)s1)N1CCC(C(=O)O)(c2ccccc2)CC1. The molecule has 51 heavy (non-hydrogen) atoms. The third-order valence-electron chi connectivity index (χ3n) is 9.56. The minimum Gasteiger partial charge on any atom is -0.506 e. The molecule has 1 saturated heterocycles. The van der Waals surface area contributed by atoms with Crippen molar-refractivity contribution in [3.05, 3.63) is 134 Å². The maximum Gasteiger partial charge on any atom is 0.314 e. The Morgan fingerprint density at radius 2 is 1.59 bits per heavy atom. The van der Waals surface area contributed by atoms with Crippen molar-refractivity contribution in [2.45, 2.75) is 37.3 Å². The number of nitrogens with one attached hydrogen (secondary N) is 2. The van der Waals surface area contributed by atoms with Gasteiger partial charge in [0, 0.05) is 44.2 Å². The number of thiophene rings is 1. The van der Waals surface area contributed by atoms with Crippen LogP contribution in [0.25, 0.3) is 10.9 Å². The van der Waals surface area contributed by atoms with E-state index in [1.54, 1.807) is 34.1 Å². The summed E-state index contributed by atoms with van der Waals surface area (Å²) in [7, 11) is 0. The van der Waals surface area contributed by atoms with Gasteiger partial charge < -0.3 is 35.4 Å². The van der Waals surface area contributed by atoms with E-state index < -0.39 is 17.5 Å². The first-order valence-electron chi connectivity index (χ1n) is 16.9. The Morgan fingerprint density at radius 1 is 0.902 bits per heavy atom. The Bertz CT molecular complexity index is 2060. The molecule has 11 nitrogen and oxygen atoms in total. The Balaban J connectivity index is 1.07. The molecule has 5 aromatic rings. The number of aromatic amines is 1. The molecular weight excluding hydrogens is 669 g/mol. The Labute approximate surface area is 298 Å². The van der Waals surface area contributed by atoms with E-state index >= 15 is 0 Å². The summed E-state index contributed by atoms with van der Waals surface area (Å²) in [6.45, 7) is 2.12. The van der Waals surface area contributed by atoms with Gasteiger partial charge in [-0.3, -0.25) is 19.2 Å². The zero-order valence-electron chi connectivity index (χ0n) is 28.0. The van der Waals surface area contributed by atoms with E-state index in [9.17, 15) is 34.5 Å². The third-order valence-corrected chi connectivity index (χ3v) is 10.6. The summed E-state index contributed by atoms with van der Waals surface area (Å²) in [4.78, 5) is 58.4. The summed E-state index contributed by atoms with van der Waals surface area (Å²) in [6.07, 6.45) is 0.295. The van der Waals surface area contributed by atoms with Crippen LogP contribution in [-0.2, 0) is 16.8 Å². The number of aliphatic hydroxyl groups excluding tert-OH is 1. The summed E-state index contributed by atoms with van der Waals surface area (Å²) in [5.41, 5.74) is 1.15. The number of aliphatic carboxylic acids is 1. The smallest absolute Gasteiger partial charge is 0.314 e. The number of fused-ring (bicyclic) bond motifs is 1. The average Bonchev–Trinajstić information content (AvgIpc) is 3.65. The number of carboxylic acids is 1. The number of aromatic nitrogens is 1. The monoisotopic (exact) mass is 708 g/mol. The lowest BCUT2D eigenvalue weighted by atomic mass is 9.73. The number of H-pyrrole nitrogens is 1. The Kier molecular flexibility index (Phi) is 10.9. The lowest BCUT2D eigenvalue weighted by Crippen LogP contribution is -2.49. The van der Waals surface area contributed by atoms with Crippen molar-refractivity contribution >= 4 is 40.0 Å². The number of rotatable bonds is 13. The maximum absolute atomic E-state index is 13.9. The number of pyridine rings is 1. The number of phenols is 1. The number of piperidine rings is 1. The van der Waals surface area contributed by atoms with Crippen molar-refractivity contribution in [3.8, 4) is 5.75 Å². The fourth-order valence-electron chi connectivity index (χ4n) is 6.70. The van der Waals surface area contributed by atoms with Crippen molar-refractivity contribution in [2.75, 3.05) is 32.7 Å². The molecule has 2 aromatic heterocycles. The highest BCUT2D eigenvalue weighted by atomic mass is 32.1. The van der Waals surface area contributed by atoms with Gasteiger partial charge >= 0.3 is 5.97 Å². The van der Waals surface area contributed by atoms with E-state index in [0.29, 0.717) is 72.7 Å². The van der Waals surface area contributed by atoms with Gasteiger partial charge in [-0.2, -0.15) is 0 Å². The molecule has 3 aromatic carbocycles. The van der Waals surface area contributed by atoms with Crippen LogP contribution in [0.2, 0.25) is 0 Å². The van der Waals surface area contributed by atoms with Crippen molar-refractivity contribution < 1.29 is 29.7 Å². The van der Waals surface area contributed by atoms with Gasteiger partial charge in [-0.25, -0.2) is 0 Å². The fraction of sp³-hybridized carbons (Fsp3) is 0.282. The number of phenolic OH excluding ortho intramolecular Hbond substituents is 1. The first-order chi connectivity index (χ1) is 24.7. The van der Waals surface area contributed by atoms with Gasteiger partial charge in [-0.05, 0) is 66.8 Å². The van der Waals surface area contributed by atoms with Crippen LogP contribution in [0, 0.1) is 0 Å². The number of nitrogens with zero attached hydrogens (tertiary/aromatic N) is 2. The summed E-state index contributed by atoms with van der Waals surface area (Å²) in [6, 6.07) is 28.2. The Hall–Kier alpha value is -5.30. The molecule has 264 valence electrons. The van der Waals surface area contributed by atoms with Gasteiger partial charge in [0.2, 0.25) is 5.56 Å². The molecule has 1 atom stereocenters. The first-order valence-corrected chi connectivity index (χ1v) is 17.7. The minimum absolute atomic E-state index is 0.0749. The molecule has 6 rings (SSSR count). The average molecular weight is 709 g/mol. The van der Waals surface area contributed by atoms with Crippen LogP contribution in [0.4, 0.5) is 0 Å². The van der Waals surface area contributed by atoms with Crippen LogP contribution in [0.5, 0.6) is 5.75 Å². The number of aromatic hydroxyl groups is 1. The highest BCUT2D eigenvalue weighted by Crippen LogP contribution is 2.37. The van der Waals surface area contributed by atoms with Crippen LogP contribution in [0.1, 0.15) is 61.4 Å². The number of carbonyl (C=O) groups is 3. The number of carboxylic acid groups (broad SMARTS) is 1. The lowest BCUT2D eigenvalue weighted by molar-refractivity contribution is -0.145. The van der Waals surface area contributed by atoms with E-state index in [1.165, 1.54) is 12.1 Å². The molecule has 1 aliphatic heterocycles. The van der Waals surface area contributed by atoms with E-state index in [0.717, 1.165) is 22.5 Å². The zero-order valence-corrected chi connectivity index (χ0v) is 28.8. The lowest BCUT2D eigenvalue weighted by Gasteiger charge is -2.39. The molecule has 0 aliphatic carbocycles. The predicted molar refractivity (Wildman–Crippen MR) is 195 cm³/mol. The largest absolute Gasteiger partial charge is 0.506 e. The highest BCUT2D eigenvalue weighted by molar-refractivity contribution is 7.15. The molecular formula is C39H40N4O7S. The summed E-state index contributed by atoms with van der Waals surface area (Å²) < 4.78 is 0. The topological polar surface area (TPSA) is 163 Å². The van der Waals surface area contributed by atoms with Gasteiger partial charge in [0.25, 0.3) is 11.8 Å². The molecule has 3 heterocycles. The summed E-state index contributed by atoms with van der Waals surface area (Å²) >= 11 is 1.14. The molecule has 5 N–H and O–H groups in total. The molecule has 0 bridgehead atoms. The number of aliphatic hydroxyl groups is 1. The van der Waals surface area contributed by atoms with Crippen molar-refractivity contribution in [2.24, 2.45) is 0 Å². The van der Waals surface area contributed by atoms with Gasteiger partial charge in [0.05, 0.1) is 26.8 Å². The summed E-state index contributed by atoms with van der Waals surface area (Å²) in [5, 5.41) is 35.0. The molecule has 0 spiro atoms. The van der Waals surface area contributed by atoms with Gasteiger partial charge in [0.15, 0.2) is 0 Å². The van der Waals surface area contributed by atoms with Crippen LogP contribution < -0.4 is 10.9 Å². The Morgan fingerprint density at radius 3 is 2.29 bits per heavy atom. The molecule has 2 amide bonds. The molecule has 1 aliphatic rings. The molecule has 12 heteroatoms.